The van der Waals surface area contributed by atoms with Gasteiger partial charge in [0.2, 0.25) is 0 Å². The SMILES string of the molecule is O=C(O)c1csc(C(=O)Nc2c(Cl)cc(F)cc2Br)n1. The summed E-state index contributed by atoms with van der Waals surface area (Å²) in [5.74, 6) is -2.40. The first-order chi connectivity index (χ1) is 9.38. The van der Waals surface area contributed by atoms with E-state index in [0.717, 1.165) is 23.5 Å². The van der Waals surface area contributed by atoms with Gasteiger partial charge in [-0.25, -0.2) is 14.2 Å². The van der Waals surface area contributed by atoms with Crippen molar-refractivity contribution in [3.05, 3.63) is 43.5 Å². The Labute approximate surface area is 129 Å². The van der Waals surface area contributed by atoms with E-state index >= 15 is 0 Å². The molecule has 9 heteroatoms. The number of carboxylic acid groups (broad SMARTS) is 1. The van der Waals surface area contributed by atoms with Crippen LogP contribution in [0.15, 0.2) is 22.0 Å². The summed E-state index contributed by atoms with van der Waals surface area (Å²) in [4.78, 5) is 26.3. The lowest BCUT2D eigenvalue weighted by molar-refractivity contribution is 0.0691. The van der Waals surface area contributed by atoms with Gasteiger partial charge in [0.15, 0.2) is 10.7 Å². The second-order valence-corrected chi connectivity index (χ2v) is 5.66. The highest BCUT2D eigenvalue weighted by atomic mass is 79.9. The standard InChI is InChI=1S/C11H5BrClFN2O3S/c12-5-1-4(14)2-6(13)8(5)16-9(17)10-15-7(3-20-10)11(18)19/h1-3H,(H,16,17)(H,18,19). The molecule has 0 saturated carbocycles. The Morgan fingerprint density at radius 2 is 2.15 bits per heavy atom. The van der Waals surface area contributed by atoms with E-state index in [1.807, 2.05) is 0 Å². The minimum Gasteiger partial charge on any atom is -0.476 e. The maximum absolute atomic E-state index is 13.1. The number of hydrogen-bond donors (Lipinski definition) is 2. The average molecular weight is 380 g/mol. The number of carbonyl (C=O) groups is 2. The molecule has 0 spiro atoms. The van der Waals surface area contributed by atoms with Gasteiger partial charge in [0, 0.05) is 9.85 Å². The molecule has 1 aromatic heterocycles. The van der Waals surface area contributed by atoms with Crippen LogP contribution in [0.25, 0.3) is 0 Å². The minimum absolute atomic E-state index is 0.0141. The number of anilines is 1. The molecule has 104 valence electrons. The highest BCUT2D eigenvalue weighted by Gasteiger charge is 2.17. The summed E-state index contributed by atoms with van der Waals surface area (Å²) in [6.07, 6.45) is 0. The van der Waals surface area contributed by atoms with Crippen molar-refractivity contribution < 1.29 is 19.1 Å². The average Bonchev–Trinajstić information content (AvgIpc) is 2.83. The van der Waals surface area contributed by atoms with Crippen molar-refractivity contribution in [2.45, 2.75) is 0 Å². The molecule has 2 aromatic rings. The Kier molecular flexibility index (Phi) is 4.36. The van der Waals surface area contributed by atoms with E-state index in [2.05, 4.69) is 26.2 Å². The molecule has 0 saturated heterocycles. The number of thiazole rings is 1. The summed E-state index contributed by atoms with van der Waals surface area (Å²) in [6.45, 7) is 0. The molecule has 2 N–H and O–H groups in total. The van der Waals surface area contributed by atoms with Crippen LogP contribution in [0.5, 0.6) is 0 Å². The minimum atomic E-state index is -1.22. The molecule has 0 fully saturated rings. The molecule has 0 aliphatic heterocycles. The molecule has 0 aliphatic carbocycles. The van der Waals surface area contributed by atoms with Gasteiger partial charge >= 0.3 is 5.97 Å². The van der Waals surface area contributed by atoms with E-state index in [4.69, 9.17) is 16.7 Å². The van der Waals surface area contributed by atoms with Crippen LogP contribution in [0.3, 0.4) is 0 Å². The first-order valence-electron chi connectivity index (χ1n) is 5.03. The summed E-state index contributed by atoms with van der Waals surface area (Å²) in [7, 11) is 0. The van der Waals surface area contributed by atoms with Crippen molar-refractivity contribution in [2.24, 2.45) is 0 Å². The zero-order valence-electron chi connectivity index (χ0n) is 9.49. The molecule has 20 heavy (non-hydrogen) atoms. The third kappa shape index (κ3) is 3.14. The number of carboxylic acids is 1. The highest BCUT2D eigenvalue weighted by Crippen LogP contribution is 2.32. The maximum Gasteiger partial charge on any atom is 0.355 e. The van der Waals surface area contributed by atoms with E-state index in [1.54, 1.807) is 0 Å². The van der Waals surface area contributed by atoms with Gasteiger partial charge in [-0.3, -0.25) is 4.79 Å². The van der Waals surface area contributed by atoms with Gasteiger partial charge in [-0.15, -0.1) is 11.3 Å². The largest absolute Gasteiger partial charge is 0.476 e. The number of aromatic nitrogens is 1. The Hall–Kier alpha value is -1.51. The Balaban J connectivity index is 2.25. The van der Waals surface area contributed by atoms with Crippen LogP contribution in [-0.2, 0) is 0 Å². The molecule has 1 heterocycles. The quantitative estimate of drug-likeness (QED) is 0.853. The van der Waals surface area contributed by atoms with E-state index in [1.165, 1.54) is 5.38 Å². The smallest absolute Gasteiger partial charge is 0.355 e. The van der Waals surface area contributed by atoms with Crippen molar-refractivity contribution in [3.63, 3.8) is 0 Å². The van der Waals surface area contributed by atoms with Crippen LogP contribution >= 0.6 is 38.9 Å². The van der Waals surface area contributed by atoms with Crippen molar-refractivity contribution >= 4 is 56.4 Å². The number of hydrogen-bond acceptors (Lipinski definition) is 4. The van der Waals surface area contributed by atoms with E-state index in [9.17, 15) is 14.0 Å². The zero-order valence-corrected chi connectivity index (χ0v) is 12.6. The van der Waals surface area contributed by atoms with Crippen LogP contribution in [0.1, 0.15) is 20.3 Å². The molecule has 0 aliphatic rings. The summed E-state index contributed by atoms with van der Waals surface area (Å²) in [5.41, 5.74) is -0.0328. The summed E-state index contributed by atoms with van der Waals surface area (Å²) in [6, 6.07) is 2.19. The molecule has 5 nitrogen and oxygen atoms in total. The first-order valence-corrected chi connectivity index (χ1v) is 7.08. The van der Waals surface area contributed by atoms with Gasteiger partial charge in [-0.2, -0.15) is 0 Å². The number of aromatic carboxylic acids is 1. The van der Waals surface area contributed by atoms with E-state index in [-0.39, 0.29) is 25.9 Å². The van der Waals surface area contributed by atoms with Gasteiger partial charge in [0.05, 0.1) is 10.7 Å². The molecule has 1 amide bonds. The monoisotopic (exact) mass is 378 g/mol. The van der Waals surface area contributed by atoms with Crippen LogP contribution < -0.4 is 5.32 Å². The van der Waals surface area contributed by atoms with Crippen molar-refractivity contribution in [2.75, 3.05) is 5.32 Å². The number of benzene rings is 1. The van der Waals surface area contributed by atoms with Gasteiger partial charge < -0.3 is 10.4 Å². The third-order valence-electron chi connectivity index (χ3n) is 2.16. The lowest BCUT2D eigenvalue weighted by Gasteiger charge is -2.08. The lowest BCUT2D eigenvalue weighted by Crippen LogP contribution is -2.13. The zero-order chi connectivity index (χ0) is 14.9. The molecule has 0 radical (unpaired) electrons. The Morgan fingerprint density at radius 3 is 2.70 bits per heavy atom. The summed E-state index contributed by atoms with van der Waals surface area (Å²) in [5, 5.41) is 12.4. The van der Waals surface area contributed by atoms with Crippen LogP contribution in [-0.4, -0.2) is 22.0 Å². The number of nitrogens with zero attached hydrogens (tertiary/aromatic N) is 1. The molecule has 1 aromatic carbocycles. The normalized spacial score (nSPS) is 10.3. The van der Waals surface area contributed by atoms with Crippen molar-refractivity contribution in [3.8, 4) is 0 Å². The second-order valence-electron chi connectivity index (χ2n) is 3.54. The predicted octanol–water partition coefficient (Wildman–Crippen LogP) is 3.65. The second kappa shape index (κ2) is 5.86. The molecular formula is C11H5BrClFN2O3S. The Bertz CT molecular complexity index is 684. The summed E-state index contributed by atoms with van der Waals surface area (Å²) < 4.78 is 13.3. The number of nitrogens with one attached hydrogen (secondary N) is 1. The van der Waals surface area contributed by atoms with Gasteiger partial charge in [0.25, 0.3) is 5.91 Å². The van der Waals surface area contributed by atoms with Crippen LogP contribution in [0, 0.1) is 5.82 Å². The molecular weight excluding hydrogens is 375 g/mol. The Morgan fingerprint density at radius 1 is 1.45 bits per heavy atom. The fraction of sp³-hybridized carbons (Fsp3) is 0. The molecule has 0 unspecified atom stereocenters. The number of rotatable bonds is 3. The van der Waals surface area contributed by atoms with E-state index in [0.29, 0.717) is 0 Å². The van der Waals surface area contributed by atoms with Gasteiger partial charge in [0.1, 0.15) is 5.82 Å². The molecule has 0 atom stereocenters. The van der Waals surface area contributed by atoms with E-state index < -0.39 is 17.7 Å². The van der Waals surface area contributed by atoms with Gasteiger partial charge in [-0.05, 0) is 28.1 Å². The van der Waals surface area contributed by atoms with Gasteiger partial charge in [-0.1, -0.05) is 11.6 Å². The third-order valence-corrected chi connectivity index (χ3v) is 3.93. The first kappa shape index (κ1) is 14.9. The fourth-order valence-electron chi connectivity index (χ4n) is 1.30. The number of amides is 1. The number of carbonyl (C=O) groups excluding carboxylic acids is 1. The van der Waals surface area contributed by atoms with Crippen molar-refractivity contribution in [1.82, 2.24) is 4.98 Å². The van der Waals surface area contributed by atoms with Crippen LogP contribution in [0.4, 0.5) is 10.1 Å². The molecule has 0 bridgehead atoms. The highest BCUT2D eigenvalue weighted by molar-refractivity contribution is 9.10. The van der Waals surface area contributed by atoms with Crippen molar-refractivity contribution in [1.29, 1.82) is 0 Å². The lowest BCUT2D eigenvalue weighted by atomic mass is 10.3. The van der Waals surface area contributed by atoms with Crippen LogP contribution in [0.2, 0.25) is 5.02 Å². The summed E-state index contributed by atoms with van der Waals surface area (Å²) >= 11 is 9.79. The number of halogens is 3. The predicted molar refractivity (Wildman–Crippen MR) is 76.1 cm³/mol. The maximum atomic E-state index is 13.1. The molecule has 2 rings (SSSR count). The fourth-order valence-corrected chi connectivity index (χ4v) is 2.89. The topological polar surface area (TPSA) is 79.3 Å².